The number of aromatic nitrogens is 4. The number of aromatic amines is 1. The van der Waals surface area contributed by atoms with Gasteiger partial charge in [0.05, 0.1) is 22.0 Å². The number of fused-ring (bicyclic) bond motifs is 1. The van der Waals surface area contributed by atoms with E-state index in [4.69, 9.17) is 4.98 Å². The molecule has 0 aliphatic carbocycles. The van der Waals surface area contributed by atoms with Crippen molar-refractivity contribution in [1.29, 1.82) is 0 Å². The summed E-state index contributed by atoms with van der Waals surface area (Å²) in [5.41, 5.74) is 3.96. The van der Waals surface area contributed by atoms with Crippen LogP contribution in [-0.2, 0) is 0 Å². The number of benzene rings is 1. The lowest BCUT2D eigenvalue weighted by atomic mass is 10.1. The molecule has 3 heterocycles. The average Bonchev–Trinajstić information content (AvgIpc) is 3.23. The van der Waals surface area contributed by atoms with Gasteiger partial charge in [0.2, 0.25) is 0 Å². The number of nitrogens with zero attached hydrogens (tertiary/aromatic N) is 3. The van der Waals surface area contributed by atoms with Crippen LogP contribution in [0.1, 0.15) is 20.8 Å². The molecule has 0 aliphatic rings. The number of rotatable bonds is 3. The van der Waals surface area contributed by atoms with Gasteiger partial charge in [-0.15, -0.1) is 11.3 Å². The normalized spacial score (nSPS) is 11.8. The molecule has 6 heteroatoms. The van der Waals surface area contributed by atoms with Gasteiger partial charge in [0.1, 0.15) is 10.8 Å². The van der Waals surface area contributed by atoms with Gasteiger partial charge in [-0.1, -0.05) is 12.1 Å². The van der Waals surface area contributed by atoms with Gasteiger partial charge in [-0.05, 0) is 39.0 Å². The molecular weight excluding hydrogens is 330 g/mol. The van der Waals surface area contributed by atoms with E-state index in [1.54, 1.807) is 17.5 Å². The quantitative estimate of drug-likeness (QED) is 0.549. The van der Waals surface area contributed by atoms with Crippen molar-refractivity contribution in [3.8, 4) is 21.7 Å². The van der Waals surface area contributed by atoms with E-state index >= 15 is 0 Å². The predicted molar refractivity (Wildman–Crippen MR) is 104 cm³/mol. The van der Waals surface area contributed by atoms with Gasteiger partial charge < -0.3 is 5.32 Å². The summed E-state index contributed by atoms with van der Waals surface area (Å²) >= 11 is 1.68. The molecule has 25 heavy (non-hydrogen) atoms. The summed E-state index contributed by atoms with van der Waals surface area (Å²) < 4.78 is 1.17. The molecule has 0 fully saturated rings. The van der Waals surface area contributed by atoms with E-state index in [2.05, 4.69) is 53.4 Å². The summed E-state index contributed by atoms with van der Waals surface area (Å²) in [6, 6.07) is 10.3. The first kappa shape index (κ1) is 15.8. The third kappa shape index (κ3) is 3.25. The first-order valence-electron chi connectivity index (χ1n) is 8.13. The van der Waals surface area contributed by atoms with E-state index in [9.17, 15) is 0 Å². The molecule has 3 aromatic heterocycles. The zero-order valence-electron chi connectivity index (χ0n) is 14.4. The number of thiazole rings is 1. The molecule has 0 unspecified atom stereocenters. The highest BCUT2D eigenvalue weighted by atomic mass is 32.1. The van der Waals surface area contributed by atoms with Crippen molar-refractivity contribution < 1.29 is 0 Å². The number of hydrogen-bond donors (Lipinski definition) is 2. The number of anilines is 1. The van der Waals surface area contributed by atoms with Gasteiger partial charge in [-0.2, -0.15) is 5.10 Å². The summed E-state index contributed by atoms with van der Waals surface area (Å²) in [6.45, 7) is 6.38. The molecule has 126 valence electrons. The lowest BCUT2D eigenvalue weighted by molar-refractivity contribution is 0.631. The van der Waals surface area contributed by atoms with Crippen LogP contribution in [0.2, 0.25) is 0 Å². The van der Waals surface area contributed by atoms with Crippen LogP contribution in [0.5, 0.6) is 0 Å². The van der Waals surface area contributed by atoms with Gasteiger partial charge in [-0.25, -0.2) is 9.97 Å². The predicted octanol–water partition coefficient (Wildman–Crippen LogP) is 4.96. The fourth-order valence-corrected chi connectivity index (χ4v) is 3.62. The number of para-hydroxylation sites is 1. The largest absolute Gasteiger partial charge is 0.365 e. The van der Waals surface area contributed by atoms with Crippen LogP contribution in [0, 0.1) is 0 Å². The van der Waals surface area contributed by atoms with Crippen LogP contribution < -0.4 is 5.32 Å². The maximum atomic E-state index is 4.81. The lowest BCUT2D eigenvalue weighted by Gasteiger charge is -2.23. The summed E-state index contributed by atoms with van der Waals surface area (Å²) in [5.74, 6) is 0.846. The third-order valence-electron chi connectivity index (χ3n) is 3.74. The fraction of sp³-hybridized carbons (Fsp3) is 0.211. The molecule has 0 saturated carbocycles. The van der Waals surface area contributed by atoms with Crippen molar-refractivity contribution in [1.82, 2.24) is 20.2 Å². The summed E-state index contributed by atoms with van der Waals surface area (Å²) in [4.78, 5) is 9.49. The first-order chi connectivity index (χ1) is 12.0. The Hall–Kier alpha value is -2.73. The topological polar surface area (TPSA) is 66.5 Å². The minimum absolute atomic E-state index is 0.0877. The van der Waals surface area contributed by atoms with Gasteiger partial charge in [0, 0.05) is 29.1 Å². The van der Waals surface area contributed by atoms with Crippen LogP contribution in [0.25, 0.3) is 31.9 Å². The Bertz CT molecular complexity index is 979. The second kappa shape index (κ2) is 5.97. The minimum atomic E-state index is -0.0877. The molecular formula is C19H19N5S. The van der Waals surface area contributed by atoms with Crippen LogP contribution in [0.3, 0.4) is 0 Å². The lowest BCUT2D eigenvalue weighted by Crippen LogP contribution is -2.27. The summed E-state index contributed by atoms with van der Waals surface area (Å²) in [7, 11) is 0. The molecule has 0 atom stereocenters. The first-order valence-corrected chi connectivity index (χ1v) is 8.94. The van der Waals surface area contributed by atoms with Crippen LogP contribution in [0.15, 0.2) is 48.9 Å². The Morgan fingerprint density at radius 3 is 2.64 bits per heavy atom. The molecule has 0 spiro atoms. The Morgan fingerprint density at radius 2 is 1.92 bits per heavy atom. The Kier molecular flexibility index (Phi) is 3.77. The number of hydrogen-bond acceptors (Lipinski definition) is 5. The second-order valence-corrected chi connectivity index (χ2v) is 8.00. The van der Waals surface area contributed by atoms with Crippen molar-refractivity contribution >= 4 is 27.4 Å². The van der Waals surface area contributed by atoms with Gasteiger partial charge in [0.15, 0.2) is 0 Å². The number of nitrogens with one attached hydrogen (secondary N) is 2. The molecule has 4 rings (SSSR count). The zero-order valence-corrected chi connectivity index (χ0v) is 15.2. The van der Waals surface area contributed by atoms with Crippen molar-refractivity contribution in [2.24, 2.45) is 0 Å². The smallest absolute Gasteiger partial charge is 0.136 e. The van der Waals surface area contributed by atoms with Gasteiger partial charge in [-0.3, -0.25) is 5.10 Å². The number of H-pyrrole nitrogens is 1. The maximum absolute atomic E-state index is 4.81. The van der Waals surface area contributed by atoms with E-state index in [0.717, 1.165) is 33.0 Å². The van der Waals surface area contributed by atoms with Crippen molar-refractivity contribution in [3.63, 3.8) is 0 Å². The highest BCUT2D eigenvalue weighted by Gasteiger charge is 2.18. The van der Waals surface area contributed by atoms with Crippen LogP contribution >= 0.6 is 11.3 Å². The van der Waals surface area contributed by atoms with Crippen LogP contribution in [0.4, 0.5) is 5.82 Å². The third-order valence-corrected chi connectivity index (χ3v) is 4.81. The Balaban J connectivity index is 1.88. The van der Waals surface area contributed by atoms with Crippen molar-refractivity contribution in [2.75, 3.05) is 5.32 Å². The summed E-state index contributed by atoms with van der Waals surface area (Å²) in [6.07, 6.45) is 5.54. The average molecular weight is 349 g/mol. The SMILES string of the molecule is CC(C)(C)Nc1ncc(-c2cn[nH]c2)cc1-c1nc2ccccc2s1. The second-order valence-electron chi connectivity index (χ2n) is 6.97. The van der Waals surface area contributed by atoms with Crippen LogP contribution in [-0.4, -0.2) is 25.7 Å². The zero-order chi connectivity index (χ0) is 17.4. The van der Waals surface area contributed by atoms with Gasteiger partial charge >= 0.3 is 0 Å². The maximum Gasteiger partial charge on any atom is 0.136 e. The number of pyridine rings is 1. The van der Waals surface area contributed by atoms with Gasteiger partial charge in [0.25, 0.3) is 0 Å². The summed E-state index contributed by atoms with van der Waals surface area (Å²) in [5, 5.41) is 11.4. The van der Waals surface area contributed by atoms with E-state index in [1.165, 1.54) is 4.70 Å². The highest BCUT2D eigenvalue weighted by molar-refractivity contribution is 7.21. The van der Waals surface area contributed by atoms with E-state index in [1.807, 2.05) is 30.6 Å². The molecule has 4 aromatic rings. The molecule has 2 N–H and O–H groups in total. The monoisotopic (exact) mass is 349 g/mol. The Morgan fingerprint density at radius 1 is 1.08 bits per heavy atom. The Labute approximate surface area is 150 Å². The minimum Gasteiger partial charge on any atom is -0.365 e. The molecule has 0 radical (unpaired) electrons. The van der Waals surface area contributed by atoms with E-state index in [-0.39, 0.29) is 5.54 Å². The molecule has 0 bridgehead atoms. The van der Waals surface area contributed by atoms with E-state index < -0.39 is 0 Å². The fourth-order valence-electron chi connectivity index (χ4n) is 2.64. The van der Waals surface area contributed by atoms with Crippen molar-refractivity contribution in [3.05, 3.63) is 48.9 Å². The van der Waals surface area contributed by atoms with E-state index in [0.29, 0.717) is 0 Å². The molecule has 0 aliphatic heterocycles. The molecule has 1 aromatic carbocycles. The molecule has 5 nitrogen and oxygen atoms in total. The molecule has 0 amide bonds. The highest BCUT2D eigenvalue weighted by Crippen LogP contribution is 2.36. The van der Waals surface area contributed by atoms with Crippen molar-refractivity contribution in [2.45, 2.75) is 26.3 Å². The standard InChI is InChI=1S/C19H19N5S/c1-19(2,3)24-17-14(8-12(9-20-17)13-10-21-22-11-13)18-23-15-6-4-5-7-16(15)25-18/h4-11H,1-3H3,(H,20,24)(H,21,22). The molecule has 0 saturated heterocycles.